The Bertz CT molecular complexity index is 694. The summed E-state index contributed by atoms with van der Waals surface area (Å²) in [5, 5.41) is 1.71. The fourth-order valence-electron chi connectivity index (χ4n) is 1.97. The molecule has 2 rings (SSSR count). The number of hydrogen-bond donors (Lipinski definition) is 0. The molecular weight excluding hydrogens is 258 g/mol. The minimum atomic E-state index is -0.191. The monoisotopic (exact) mass is 275 g/mol. The van der Waals surface area contributed by atoms with Crippen molar-refractivity contribution in [3.63, 3.8) is 0 Å². The van der Waals surface area contributed by atoms with Crippen LogP contribution < -0.4 is 5.56 Å². The predicted octanol–water partition coefficient (Wildman–Crippen LogP) is 1.11. The van der Waals surface area contributed by atoms with Crippen molar-refractivity contribution in [3.05, 3.63) is 40.4 Å². The number of benzene rings is 1. The summed E-state index contributed by atoms with van der Waals surface area (Å²) in [7, 11) is 2.96. The molecule has 0 aliphatic heterocycles. The standard InChI is InChI=1S/C14H17N3O3/c1-10-5-4-6-11-13(10)15-9-17(14(11)19)8-7-12(18)16(2)20-3/h4-6,9H,7-8H2,1-3H3. The van der Waals surface area contributed by atoms with Gasteiger partial charge in [0.25, 0.3) is 5.56 Å². The van der Waals surface area contributed by atoms with Crippen LogP contribution in [0.4, 0.5) is 0 Å². The van der Waals surface area contributed by atoms with Crippen LogP contribution in [0.5, 0.6) is 0 Å². The van der Waals surface area contributed by atoms with E-state index in [9.17, 15) is 9.59 Å². The van der Waals surface area contributed by atoms with Crippen molar-refractivity contribution >= 4 is 16.8 Å². The molecule has 0 fully saturated rings. The van der Waals surface area contributed by atoms with Crippen LogP contribution in [0.1, 0.15) is 12.0 Å². The molecule has 1 aromatic carbocycles. The Morgan fingerprint density at radius 3 is 2.90 bits per heavy atom. The van der Waals surface area contributed by atoms with Gasteiger partial charge >= 0.3 is 0 Å². The highest BCUT2D eigenvalue weighted by Crippen LogP contribution is 2.11. The van der Waals surface area contributed by atoms with Crippen LogP contribution in [0.25, 0.3) is 10.9 Å². The van der Waals surface area contributed by atoms with Gasteiger partial charge < -0.3 is 0 Å². The molecule has 6 heteroatoms. The quantitative estimate of drug-likeness (QED) is 0.784. The normalized spacial score (nSPS) is 10.8. The van der Waals surface area contributed by atoms with Gasteiger partial charge in [-0.05, 0) is 18.6 Å². The number of hydrogen-bond acceptors (Lipinski definition) is 4. The minimum absolute atomic E-state index is 0.133. The maximum absolute atomic E-state index is 12.3. The molecule has 0 radical (unpaired) electrons. The lowest BCUT2D eigenvalue weighted by Crippen LogP contribution is -2.28. The number of carbonyl (C=O) groups is 1. The molecule has 1 amide bonds. The number of rotatable bonds is 4. The number of carbonyl (C=O) groups excluding carboxylic acids is 1. The van der Waals surface area contributed by atoms with Crippen LogP contribution in [0.2, 0.25) is 0 Å². The van der Waals surface area contributed by atoms with Crippen LogP contribution in [0.3, 0.4) is 0 Å². The molecular formula is C14H17N3O3. The van der Waals surface area contributed by atoms with Crippen molar-refractivity contribution in [1.82, 2.24) is 14.6 Å². The van der Waals surface area contributed by atoms with E-state index in [1.54, 1.807) is 6.07 Å². The van der Waals surface area contributed by atoms with Gasteiger partial charge in [-0.1, -0.05) is 12.1 Å². The zero-order valence-corrected chi connectivity index (χ0v) is 11.8. The fraction of sp³-hybridized carbons (Fsp3) is 0.357. The first-order valence-electron chi connectivity index (χ1n) is 6.30. The Hall–Kier alpha value is -2.21. The Labute approximate surface area is 116 Å². The third kappa shape index (κ3) is 2.70. The number of para-hydroxylation sites is 1. The van der Waals surface area contributed by atoms with Crippen molar-refractivity contribution in [2.45, 2.75) is 19.9 Å². The number of fused-ring (bicyclic) bond motifs is 1. The number of aromatic nitrogens is 2. The molecule has 0 N–H and O–H groups in total. The molecule has 0 saturated heterocycles. The van der Waals surface area contributed by atoms with Crippen LogP contribution in [-0.2, 0) is 16.2 Å². The van der Waals surface area contributed by atoms with E-state index in [1.165, 1.54) is 25.1 Å². The summed E-state index contributed by atoms with van der Waals surface area (Å²) in [6.07, 6.45) is 1.67. The summed E-state index contributed by atoms with van der Waals surface area (Å²) in [4.78, 5) is 33.0. The van der Waals surface area contributed by atoms with E-state index in [0.717, 1.165) is 10.6 Å². The van der Waals surface area contributed by atoms with Gasteiger partial charge in [-0.3, -0.25) is 19.0 Å². The lowest BCUT2D eigenvalue weighted by atomic mass is 10.1. The Morgan fingerprint density at radius 1 is 1.45 bits per heavy atom. The first-order valence-corrected chi connectivity index (χ1v) is 6.30. The van der Waals surface area contributed by atoms with E-state index < -0.39 is 0 Å². The van der Waals surface area contributed by atoms with Gasteiger partial charge in [0.1, 0.15) is 0 Å². The highest BCUT2D eigenvalue weighted by molar-refractivity contribution is 5.80. The zero-order chi connectivity index (χ0) is 14.7. The van der Waals surface area contributed by atoms with Gasteiger partial charge in [-0.25, -0.2) is 10.0 Å². The lowest BCUT2D eigenvalue weighted by Gasteiger charge is -2.14. The van der Waals surface area contributed by atoms with Gasteiger partial charge in [0, 0.05) is 20.0 Å². The Kier molecular flexibility index (Phi) is 4.14. The second kappa shape index (κ2) is 5.83. The van der Waals surface area contributed by atoms with E-state index in [2.05, 4.69) is 4.98 Å². The van der Waals surface area contributed by atoms with Crippen molar-refractivity contribution < 1.29 is 9.63 Å². The van der Waals surface area contributed by atoms with Gasteiger partial charge in [0.15, 0.2) is 0 Å². The minimum Gasteiger partial charge on any atom is -0.298 e. The molecule has 0 spiro atoms. The van der Waals surface area contributed by atoms with Crippen molar-refractivity contribution in [2.75, 3.05) is 14.2 Å². The molecule has 2 aromatic rings. The Balaban J connectivity index is 2.26. The Morgan fingerprint density at radius 2 is 2.20 bits per heavy atom. The van der Waals surface area contributed by atoms with Gasteiger partial charge in [0.05, 0.1) is 24.3 Å². The third-order valence-corrected chi connectivity index (χ3v) is 3.25. The molecule has 0 unspecified atom stereocenters. The molecule has 0 aliphatic carbocycles. The van der Waals surface area contributed by atoms with E-state index in [4.69, 9.17) is 4.84 Å². The molecule has 6 nitrogen and oxygen atoms in total. The highest BCUT2D eigenvalue weighted by Gasteiger charge is 2.10. The summed E-state index contributed by atoms with van der Waals surface area (Å²) < 4.78 is 1.45. The number of nitrogens with zero attached hydrogens (tertiary/aromatic N) is 3. The molecule has 1 aromatic heterocycles. The van der Waals surface area contributed by atoms with E-state index in [1.807, 2.05) is 19.1 Å². The highest BCUT2D eigenvalue weighted by atomic mass is 16.7. The van der Waals surface area contributed by atoms with Crippen molar-refractivity contribution in [2.24, 2.45) is 0 Å². The number of aryl methyl sites for hydroxylation is 2. The molecule has 20 heavy (non-hydrogen) atoms. The lowest BCUT2D eigenvalue weighted by molar-refractivity contribution is -0.168. The van der Waals surface area contributed by atoms with Gasteiger partial charge in [-0.2, -0.15) is 0 Å². The molecule has 106 valence electrons. The van der Waals surface area contributed by atoms with Crippen LogP contribution in [0.15, 0.2) is 29.3 Å². The molecule has 1 heterocycles. The second-order valence-corrected chi connectivity index (χ2v) is 4.54. The molecule has 0 saturated carbocycles. The van der Waals surface area contributed by atoms with Crippen LogP contribution in [-0.4, -0.2) is 34.7 Å². The largest absolute Gasteiger partial charge is 0.298 e. The average Bonchev–Trinajstić information content (AvgIpc) is 2.46. The number of amides is 1. The van der Waals surface area contributed by atoms with Crippen molar-refractivity contribution in [3.8, 4) is 0 Å². The van der Waals surface area contributed by atoms with E-state index >= 15 is 0 Å². The zero-order valence-electron chi connectivity index (χ0n) is 11.8. The van der Waals surface area contributed by atoms with Crippen LogP contribution >= 0.6 is 0 Å². The van der Waals surface area contributed by atoms with Crippen molar-refractivity contribution in [1.29, 1.82) is 0 Å². The average molecular weight is 275 g/mol. The summed E-state index contributed by atoms with van der Waals surface area (Å²) in [5.41, 5.74) is 1.53. The second-order valence-electron chi connectivity index (χ2n) is 4.54. The topological polar surface area (TPSA) is 64.4 Å². The van der Waals surface area contributed by atoms with Gasteiger partial charge in [0.2, 0.25) is 5.91 Å². The molecule has 0 atom stereocenters. The maximum Gasteiger partial charge on any atom is 0.261 e. The van der Waals surface area contributed by atoms with Crippen LogP contribution in [0, 0.1) is 6.92 Å². The first kappa shape index (κ1) is 14.2. The first-order chi connectivity index (χ1) is 9.54. The molecule has 0 aliphatic rings. The summed E-state index contributed by atoms with van der Waals surface area (Å²) in [6, 6.07) is 5.49. The van der Waals surface area contributed by atoms with Gasteiger partial charge in [-0.15, -0.1) is 0 Å². The van der Waals surface area contributed by atoms with E-state index in [-0.39, 0.29) is 24.4 Å². The summed E-state index contributed by atoms with van der Waals surface area (Å²) in [5.74, 6) is -0.191. The SMILES string of the molecule is CON(C)C(=O)CCn1cnc2c(C)cccc2c1=O. The third-order valence-electron chi connectivity index (χ3n) is 3.25. The fourth-order valence-corrected chi connectivity index (χ4v) is 1.97. The maximum atomic E-state index is 12.3. The molecule has 0 bridgehead atoms. The number of hydroxylamine groups is 2. The smallest absolute Gasteiger partial charge is 0.261 e. The van der Waals surface area contributed by atoms with E-state index in [0.29, 0.717) is 10.9 Å². The predicted molar refractivity (Wildman–Crippen MR) is 75.1 cm³/mol. The summed E-state index contributed by atoms with van der Waals surface area (Å²) >= 11 is 0. The summed E-state index contributed by atoms with van der Waals surface area (Å²) in [6.45, 7) is 2.19.